The quantitative estimate of drug-likeness (QED) is 0.612. The zero-order chi connectivity index (χ0) is 13.1. The number of amides is 1. The van der Waals surface area contributed by atoms with E-state index in [0.717, 1.165) is 11.3 Å². The van der Waals surface area contributed by atoms with E-state index in [2.05, 4.69) is 0 Å². The number of rotatable bonds is 4. The van der Waals surface area contributed by atoms with Crippen LogP contribution >= 0.6 is 0 Å². The molecule has 0 atom stereocenters. The summed E-state index contributed by atoms with van der Waals surface area (Å²) < 4.78 is 5.16. The number of anilines is 1. The van der Waals surface area contributed by atoms with E-state index in [1.165, 1.54) is 11.2 Å². The van der Waals surface area contributed by atoms with Crippen molar-refractivity contribution in [2.45, 2.75) is 6.92 Å². The number of benzene rings is 1. The lowest BCUT2D eigenvalue weighted by Crippen LogP contribution is -2.13. The maximum atomic E-state index is 12.1. The Labute approximate surface area is 105 Å². The average Bonchev–Trinajstić information content (AvgIpc) is 2.83. The van der Waals surface area contributed by atoms with E-state index in [0.29, 0.717) is 17.7 Å². The second-order valence-electron chi connectivity index (χ2n) is 4.03. The van der Waals surface area contributed by atoms with Crippen LogP contribution in [-0.4, -0.2) is 19.2 Å². The van der Waals surface area contributed by atoms with Crippen molar-refractivity contribution in [3.05, 3.63) is 53.5 Å². The molecule has 0 unspecified atom stereocenters. The summed E-state index contributed by atoms with van der Waals surface area (Å²) in [7, 11) is 1.65. The van der Waals surface area contributed by atoms with Gasteiger partial charge in [0.15, 0.2) is 5.76 Å². The molecule has 4 nitrogen and oxygen atoms in total. The Balaban J connectivity index is 2.28. The first-order chi connectivity index (χ1) is 8.63. The maximum absolute atomic E-state index is 12.1. The number of nitrogens with zero attached hydrogens (tertiary/aromatic N) is 1. The topological polar surface area (TPSA) is 50.5 Å². The van der Waals surface area contributed by atoms with Crippen LogP contribution in [0.1, 0.15) is 21.7 Å². The van der Waals surface area contributed by atoms with Crippen molar-refractivity contribution >= 4 is 17.9 Å². The molecule has 92 valence electrons. The number of ketones is 1. The SMILES string of the molecule is Cc1ccoc1C(=O)c1ccc(N(C)C=O)cc1. The van der Waals surface area contributed by atoms with E-state index < -0.39 is 0 Å². The highest BCUT2D eigenvalue weighted by Crippen LogP contribution is 2.18. The third kappa shape index (κ3) is 2.18. The largest absolute Gasteiger partial charge is 0.461 e. The summed E-state index contributed by atoms with van der Waals surface area (Å²) in [5.41, 5.74) is 2.09. The second-order valence-corrected chi connectivity index (χ2v) is 4.03. The minimum atomic E-state index is -0.155. The lowest BCUT2D eigenvalue weighted by Gasteiger charge is -2.10. The van der Waals surface area contributed by atoms with Gasteiger partial charge in [-0.25, -0.2) is 0 Å². The van der Waals surface area contributed by atoms with Crippen LogP contribution in [0.5, 0.6) is 0 Å². The second kappa shape index (κ2) is 4.87. The van der Waals surface area contributed by atoms with Crippen LogP contribution in [0.3, 0.4) is 0 Å². The number of carbonyl (C=O) groups is 2. The fourth-order valence-electron chi connectivity index (χ4n) is 1.65. The van der Waals surface area contributed by atoms with Crippen LogP contribution in [0.15, 0.2) is 41.0 Å². The molecule has 0 aliphatic carbocycles. The summed E-state index contributed by atoms with van der Waals surface area (Å²) in [5.74, 6) is 0.198. The van der Waals surface area contributed by atoms with E-state index in [-0.39, 0.29) is 5.78 Å². The van der Waals surface area contributed by atoms with E-state index in [1.807, 2.05) is 6.92 Å². The molecule has 0 bridgehead atoms. The predicted molar refractivity (Wildman–Crippen MR) is 67.8 cm³/mol. The van der Waals surface area contributed by atoms with Gasteiger partial charge >= 0.3 is 0 Å². The highest BCUT2D eigenvalue weighted by atomic mass is 16.3. The Kier molecular flexibility index (Phi) is 3.28. The summed E-state index contributed by atoms with van der Waals surface area (Å²) in [5, 5.41) is 0. The van der Waals surface area contributed by atoms with Crippen molar-refractivity contribution in [2.24, 2.45) is 0 Å². The monoisotopic (exact) mass is 243 g/mol. The zero-order valence-corrected chi connectivity index (χ0v) is 10.2. The van der Waals surface area contributed by atoms with E-state index in [1.54, 1.807) is 37.4 Å². The minimum Gasteiger partial charge on any atom is -0.461 e. The van der Waals surface area contributed by atoms with Crippen molar-refractivity contribution in [1.29, 1.82) is 0 Å². The molecule has 0 saturated carbocycles. The van der Waals surface area contributed by atoms with Crippen LogP contribution in [0, 0.1) is 6.92 Å². The van der Waals surface area contributed by atoms with Gasteiger partial charge in [-0.2, -0.15) is 0 Å². The summed E-state index contributed by atoms with van der Waals surface area (Å²) in [4.78, 5) is 24.1. The van der Waals surface area contributed by atoms with Crippen LogP contribution in [0.25, 0.3) is 0 Å². The normalized spacial score (nSPS) is 10.1. The van der Waals surface area contributed by atoms with Gasteiger partial charge in [-0.3, -0.25) is 9.59 Å². The Morgan fingerprint density at radius 3 is 2.39 bits per heavy atom. The Bertz CT molecular complexity index is 569. The third-order valence-corrected chi connectivity index (χ3v) is 2.76. The predicted octanol–water partition coefficient (Wildman–Crippen LogP) is 2.41. The minimum absolute atomic E-state index is 0.155. The Hall–Kier alpha value is -2.36. The first-order valence-corrected chi connectivity index (χ1v) is 5.50. The molecule has 4 heteroatoms. The number of furan rings is 1. The van der Waals surface area contributed by atoms with Crippen LogP contribution in [-0.2, 0) is 4.79 Å². The number of hydrogen-bond donors (Lipinski definition) is 0. The first kappa shape index (κ1) is 12.1. The molecule has 0 aliphatic rings. The van der Waals surface area contributed by atoms with Gasteiger partial charge in [0, 0.05) is 18.3 Å². The molecule has 0 fully saturated rings. The Morgan fingerprint density at radius 2 is 1.89 bits per heavy atom. The lowest BCUT2D eigenvalue weighted by molar-refractivity contribution is -0.107. The van der Waals surface area contributed by atoms with Gasteiger partial charge in [-0.1, -0.05) is 0 Å². The van der Waals surface area contributed by atoms with Gasteiger partial charge in [0.25, 0.3) is 0 Å². The van der Waals surface area contributed by atoms with Crippen LogP contribution in [0.2, 0.25) is 0 Å². The van der Waals surface area contributed by atoms with Crippen molar-refractivity contribution < 1.29 is 14.0 Å². The fraction of sp³-hybridized carbons (Fsp3) is 0.143. The summed E-state index contributed by atoms with van der Waals surface area (Å²) >= 11 is 0. The molecule has 0 spiro atoms. The number of aryl methyl sites for hydroxylation is 1. The summed E-state index contributed by atoms with van der Waals surface area (Å²) in [6.45, 7) is 1.82. The van der Waals surface area contributed by atoms with Gasteiger partial charge in [0.1, 0.15) is 0 Å². The average molecular weight is 243 g/mol. The molecular weight excluding hydrogens is 230 g/mol. The molecule has 1 aromatic heterocycles. The molecule has 0 N–H and O–H groups in total. The van der Waals surface area contributed by atoms with E-state index in [9.17, 15) is 9.59 Å². The van der Waals surface area contributed by atoms with Gasteiger partial charge in [-0.15, -0.1) is 0 Å². The molecule has 0 aliphatic heterocycles. The zero-order valence-electron chi connectivity index (χ0n) is 10.2. The van der Waals surface area contributed by atoms with Crippen molar-refractivity contribution in [3.63, 3.8) is 0 Å². The highest BCUT2D eigenvalue weighted by molar-refractivity contribution is 6.08. The lowest BCUT2D eigenvalue weighted by atomic mass is 10.1. The number of carbonyl (C=O) groups excluding carboxylic acids is 2. The molecule has 2 rings (SSSR count). The standard InChI is InChI=1S/C14H13NO3/c1-10-7-8-18-14(10)13(17)11-3-5-12(6-4-11)15(2)9-16/h3-9H,1-2H3. The van der Waals surface area contributed by atoms with Gasteiger partial charge in [0.05, 0.1) is 6.26 Å². The molecule has 1 aromatic carbocycles. The number of hydrogen-bond acceptors (Lipinski definition) is 3. The van der Waals surface area contributed by atoms with Gasteiger partial charge in [0.2, 0.25) is 12.2 Å². The van der Waals surface area contributed by atoms with Crippen molar-refractivity contribution in [2.75, 3.05) is 11.9 Å². The highest BCUT2D eigenvalue weighted by Gasteiger charge is 2.15. The molecule has 0 radical (unpaired) electrons. The first-order valence-electron chi connectivity index (χ1n) is 5.50. The molecular formula is C14H13NO3. The maximum Gasteiger partial charge on any atom is 0.228 e. The van der Waals surface area contributed by atoms with Gasteiger partial charge < -0.3 is 9.32 Å². The summed E-state index contributed by atoms with van der Waals surface area (Å²) in [6, 6.07) is 8.56. The summed E-state index contributed by atoms with van der Waals surface area (Å²) in [6.07, 6.45) is 2.21. The van der Waals surface area contributed by atoms with E-state index in [4.69, 9.17) is 4.42 Å². The van der Waals surface area contributed by atoms with Crippen molar-refractivity contribution in [1.82, 2.24) is 0 Å². The third-order valence-electron chi connectivity index (χ3n) is 2.76. The van der Waals surface area contributed by atoms with Gasteiger partial charge in [-0.05, 0) is 42.8 Å². The molecule has 0 saturated heterocycles. The van der Waals surface area contributed by atoms with Crippen LogP contribution in [0.4, 0.5) is 5.69 Å². The molecule has 2 aromatic rings. The van der Waals surface area contributed by atoms with Crippen LogP contribution < -0.4 is 4.90 Å². The Morgan fingerprint density at radius 1 is 1.22 bits per heavy atom. The fourth-order valence-corrected chi connectivity index (χ4v) is 1.65. The molecule has 1 amide bonds. The molecule has 18 heavy (non-hydrogen) atoms. The van der Waals surface area contributed by atoms with E-state index >= 15 is 0 Å². The smallest absolute Gasteiger partial charge is 0.228 e. The molecule has 1 heterocycles. The van der Waals surface area contributed by atoms with Crippen molar-refractivity contribution in [3.8, 4) is 0 Å².